The van der Waals surface area contributed by atoms with E-state index in [4.69, 9.17) is 0 Å². The lowest BCUT2D eigenvalue weighted by molar-refractivity contribution is 0.242. The van der Waals surface area contributed by atoms with Crippen LogP contribution >= 0.6 is 0 Å². The number of carbonyl (C=O) groups excluding carboxylic acids is 1. The summed E-state index contributed by atoms with van der Waals surface area (Å²) >= 11 is 0. The summed E-state index contributed by atoms with van der Waals surface area (Å²) in [6, 6.07) is 14.0. The van der Waals surface area contributed by atoms with Crippen LogP contribution in [0, 0.1) is 0 Å². The molecule has 0 aliphatic heterocycles. The molecule has 2 amide bonds. The lowest BCUT2D eigenvalue weighted by Crippen LogP contribution is -2.29. The minimum atomic E-state index is -0.578. The normalized spacial score (nSPS) is 11.8. The van der Waals surface area contributed by atoms with E-state index in [-0.39, 0.29) is 5.75 Å². The van der Waals surface area contributed by atoms with Gasteiger partial charge in [-0.1, -0.05) is 30.3 Å². The molecule has 3 rings (SSSR count). The van der Waals surface area contributed by atoms with Crippen LogP contribution in [0.5, 0.6) is 5.75 Å². The van der Waals surface area contributed by atoms with Gasteiger partial charge in [-0.25, -0.2) is 15.6 Å². The third-order valence-corrected chi connectivity index (χ3v) is 3.61. The zero-order valence-corrected chi connectivity index (χ0v) is 13.5. The number of phenolic OH excluding ortho intramolecular Hbond substituents is 1. The number of hydrazone groups is 2. The molecule has 7 nitrogen and oxygen atoms in total. The van der Waals surface area contributed by atoms with E-state index in [9.17, 15) is 9.90 Å². The van der Waals surface area contributed by atoms with Crippen LogP contribution in [0.25, 0.3) is 10.9 Å². The van der Waals surface area contributed by atoms with Crippen LogP contribution in [0.1, 0.15) is 18.1 Å². The molecule has 7 heteroatoms. The van der Waals surface area contributed by atoms with Crippen LogP contribution in [0.2, 0.25) is 0 Å². The summed E-state index contributed by atoms with van der Waals surface area (Å²) in [5.74, 6) is 0.100. The maximum atomic E-state index is 11.7. The molecule has 1 heterocycles. The highest BCUT2D eigenvalue weighted by atomic mass is 16.3. The molecule has 2 aromatic carbocycles. The van der Waals surface area contributed by atoms with E-state index in [1.54, 1.807) is 37.4 Å². The lowest BCUT2D eigenvalue weighted by Gasteiger charge is -2.04. The number of H-pyrrole nitrogens is 1. The van der Waals surface area contributed by atoms with Gasteiger partial charge in [0.2, 0.25) is 0 Å². The second kappa shape index (κ2) is 7.31. The van der Waals surface area contributed by atoms with Gasteiger partial charge in [-0.15, -0.1) is 0 Å². The minimum absolute atomic E-state index is 0.100. The second-order valence-corrected chi connectivity index (χ2v) is 5.31. The number of carbonyl (C=O) groups is 1. The Bertz CT molecular complexity index is 959. The van der Waals surface area contributed by atoms with Crippen molar-refractivity contribution in [2.45, 2.75) is 6.92 Å². The van der Waals surface area contributed by atoms with E-state index in [1.807, 2.05) is 30.5 Å². The molecular weight excluding hydrogens is 318 g/mol. The summed E-state index contributed by atoms with van der Waals surface area (Å²) in [5.41, 5.74) is 7.56. The lowest BCUT2D eigenvalue weighted by atomic mass is 10.1. The molecule has 0 fully saturated rings. The zero-order valence-electron chi connectivity index (χ0n) is 13.5. The highest BCUT2D eigenvalue weighted by Gasteiger charge is 2.04. The first-order chi connectivity index (χ1) is 12.1. The summed E-state index contributed by atoms with van der Waals surface area (Å²) in [7, 11) is 0. The molecule has 0 saturated heterocycles. The molecule has 0 spiro atoms. The fourth-order valence-electron chi connectivity index (χ4n) is 2.36. The summed E-state index contributed by atoms with van der Waals surface area (Å²) < 4.78 is 0. The monoisotopic (exact) mass is 335 g/mol. The third-order valence-electron chi connectivity index (χ3n) is 3.61. The smallest absolute Gasteiger partial charge is 0.355 e. The van der Waals surface area contributed by atoms with Crippen molar-refractivity contribution in [3.05, 3.63) is 65.9 Å². The average Bonchev–Trinajstić information content (AvgIpc) is 3.03. The number of aromatic nitrogens is 1. The highest BCUT2D eigenvalue weighted by molar-refractivity contribution is 6.01. The van der Waals surface area contributed by atoms with Crippen molar-refractivity contribution in [3.63, 3.8) is 0 Å². The van der Waals surface area contributed by atoms with Crippen molar-refractivity contribution in [2.75, 3.05) is 0 Å². The second-order valence-electron chi connectivity index (χ2n) is 5.31. The van der Waals surface area contributed by atoms with Gasteiger partial charge in [0.15, 0.2) is 0 Å². The van der Waals surface area contributed by atoms with Crippen LogP contribution in [0.15, 0.2) is 64.9 Å². The van der Waals surface area contributed by atoms with Gasteiger partial charge in [-0.3, -0.25) is 0 Å². The Morgan fingerprint density at radius 3 is 2.72 bits per heavy atom. The van der Waals surface area contributed by atoms with E-state index < -0.39 is 6.03 Å². The maximum Gasteiger partial charge on any atom is 0.355 e. The highest BCUT2D eigenvalue weighted by Crippen LogP contribution is 2.16. The summed E-state index contributed by atoms with van der Waals surface area (Å²) in [6.45, 7) is 1.69. The minimum Gasteiger partial charge on any atom is -0.507 e. The Morgan fingerprint density at radius 2 is 1.88 bits per heavy atom. The predicted octanol–water partition coefficient (Wildman–Crippen LogP) is 2.93. The van der Waals surface area contributed by atoms with Crippen molar-refractivity contribution < 1.29 is 9.90 Å². The molecule has 126 valence electrons. The van der Waals surface area contributed by atoms with Gasteiger partial charge in [-0.05, 0) is 25.1 Å². The molecule has 0 aliphatic rings. The number of aromatic amines is 1. The fraction of sp³-hybridized carbons (Fsp3) is 0.0556. The number of nitrogens with zero attached hydrogens (tertiary/aromatic N) is 2. The summed E-state index contributed by atoms with van der Waals surface area (Å²) in [6.07, 6.45) is 3.37. The predicted molar refractivity (Wildman–Crippen MR) is 97.9 cm³/mol. The van der Waals surface area contributed by atoms with Gasteiger partial charge in [0.1, 0.15) is 5.75 Å². The summed E-state index contributed by atoms with van der Waals surface area (Å²) in [4.78, 5) is 14.9. The fourth-order valence-corrected chi connectivity index (χ4v) is 2.36. The Kier molecular flexibility index (Phi) is 4.75. The number of fused-ring (bicyclic) bond motifs is 1. The number of amides is 2. The number of hydrogen-bond acceptors (Lipinski definition) is 4. The maximum absolute atomic E-state index is 11.7. The number of aromatic hydroxyl groups is 1. The van der Waals surface area contributed by atoms with Gasteiger partial charge in [0, 0.05) is 28.2 Å². The molecule has 4 N–H and O–H groups in total. The van der Waals surface area contributed by atoms with Crippen molar-refractivity contribution in [3.8, 4) is 5.75 Å². The number of urea groups is 1. The van der Waals surface area contributed by atoms with E-state index in [2.05, 4.69) is 26.0 Å². The van der Waals surface area contributed by atoms with Crippen molar-refractivity contribution in [1.29, 1.82) is 0 Å². The van der Waals surface area contributed by atoms with Gasteiger partial charge in [-0.2, -0.15) is 10.2 Å². The molecule has 0 unspecified atom stereocenters. The number of nitrogens with one attached hydrogen (secondary N) is 3. The van der Waals surface area contributed by atoms with Crippen molar-refractivity contribution in [1.82, 2.24) is 15.8 Å². The van der Waals surface area contributed by atoms with Crippen LogP contribution in [0.3, 0.4) is 0 Å². The molecule has 25 heavy (non-hydrogen) atoms. The van der Waals surface area contributed by atoms with Crippen LogP contribution in [0.4, 0.5) is 4.79 Å². The third kappa shape index (κ3) is 3.84. The Morgan fingerprint density at radius 1 is 1.12 bits per heavy atom. The Labute approximate surface area is 144 Å². The molecular formula is C18H17N5O2. The number of phenols is 1. The summed E-state index contributed by atoms with van der Waals surface area (Å²) in [5, 5.41) is 18.6. The van der Waals surface area contributed by atoms with E-state index in [1.165, 1.54) is 0 Å². The topological polar surface area (TPSA) is 102 Å². The standard InChI is InChI=1S/C18H17N5O2/c1-12(14-6-3-5-9-17(14)24)21-23-18(25)22-20-11-13-10-19-16-8-4-2-7-15(13)16/h2-11,19,24H,1H3,(H2,22,23,25)/b20-11+,21-12+. The number of para-hydroxylation sites is 2. The van der Waals surface area contributed by atoms with Gasteiger partial charge < -0.3 is 10.1 Å². The van der Waals surface area contributed by atoms with Crippen LogP contribution < -0.4 is 10.9 Å². The first-order valence-corrected chi connectivity index (χ1v) is 7.63. The van der Waals surface area contributed by atoms with Crippen molar-refractivity contribution in [2.24, 2.45) is 10.2 Å². The molecule has 0 bridgehead atoms. The Hall–Kier alpha value is -3.61. The van der Waals surface area contributed by atoms with E-state index in [0.717, 1.165) is 16.5 Å². The zero-order chi connectivity index (χ0) is 17.6. The first-order valence-electron chi connectivity index (χ1n) is 7.63. The Balaban J connectivity index is 1.59. The quantitative estimate of drug-likeness (QED) is 0.435. The number of benzene rings is 2. The van der Waals surface area contributed by atoms with Gasteiger partial charge >= 0.3 is 6.03 Å². The molecule has 3 aromatic rings. The van der Waals surface area contributed by atoms with E-state index >= 15 is 0 Å². The number of hydrogen-bond donors (Lipinski definition) is 4. The number of rotatable bonds is 4. The van der Waals surface area contributed by atoms with Crippen LogP contribution in [-0.4, -0.2) is 28.0 Å². The van der Waals surface area contributed by atoms with Gasteiger partial charge in [0.25, 0.3) is 0 Å². The molecule has 0 radical (unpaired) electrons. The van der Waals surface area contributed by atoms with Gasteiger partial charge in [0.05, 0.1) is 11.9 Å². The first kappa shape index (κ1) is 16.3. The molecule has 1 aromatic heterocycles. The average molecular weight is 335 g/mol. The molecule has 0 atom stereocenters. The largest absolute Gasteiger partial charge is 0.507 e. The SMILES string of the molecule is C/C(=N\NC(=O)N/N=C/c1c[nH]c2ccccc12)c1ccccc1O. The molecule has 0 saturated carbocycles. The molecule has 0 aliphatic carbocycles. The van der Waals surface area contributed by atoms with Crippen LogP contribution in [-0.2, 0) is 0 Å². The van der Waals surface area contributed by atoms with E-state index in [0.29, 0.717) is 11.3 Å². The van der Waals surface area contributed by atoms with Crippen molar-refractivity contribution >= 4 is 28.9 Å².